The number of hydrogen-bond acceptors (Lipinski definition) is 2. The lowest BCUT2D eigenvalue weighted by Gasteiger charge is -2.39. The van der Waals surface area contributed by atoms with Crippen molar-refractivity contribution < 1.29 is 13.0 Å². The first kappa shape index (κ1) is 16.7. The fourth-order valence-corrected chi connectivity index (χ4v) is 4.66. The van der Waals surface area contributed by atoms with E-state index in [1.165, 1.54) is 0 Å². The van der Waals surface area contributed by atoms with Crippen LogP contribution < -0.4 is 0 Å². The summed E-state index contributed by atoms with van der Waals surface area (Å²) < 4.78 is 33.3. The van der Waals surface area contributed by atoms with E-state index in [2.05, 4.69) is 19.9 Å². The molecule has 1 aliphatic carbocycles. The maximum absolute atomic E-state index is 11.8. The number of rotatable bonds is 4. The van der Waals surface area contributed by atoms with Gasteiger partial charge in [0.2, 0.25) is 0 Å². The smallest absolute Gasteiger partial charge is 0.271 e. The second-order valence-corrected chi connectivity index (χ2v) is 8.35. The Morgan fingerprint density at radius 3 is 1.95 bits per heavy atom. The molecule has 0 bridgehead atoms. The minimum Gasteiger partial charge on any atom is -0.285 e. The van der Waals surface area contributed by atoms with E-state index >= 15 is 0 Å². The van der Waals surface area contributed by atoms with E-state index in [0.29, 0.717) is 11.8 Å². The lowest BCUT2D eigenvalue weighted by Crippen LogP contribution is -2.41. The van der Waals surface area contributed by atoms with Gasteiger partial charge in [-0.25, -0.2) is 0 Å². The molecule has 3 atom stereocenters. The molecule has 0 aromatic carbocycles. The molecule has 0 aliphatic heterocycles. The normalized spacial score (nSPS) is 29.2. The highest BCUT2D eigenvalue weighted by atomic mass is 32.2. The zero-order chi connectivity index (χ0) is 15.0. The molecule has 0 amide bonds. The summed E-state index contributed by atoms with van der Waals surface area (Å²) in [6, 6.07) is 0. The molecule has 0 aromatic rings. The third-order valence-corrected chi connectivity index (χ3v) is 5.63. The van der Waals surface area contributed by atoms with Gasteiger partial charge in [-0.1, -0.05) is 53.2 Å². The molecule has 0 aromatic heterocycles. The van der Waals surface area contributed by atoms with E-state index in [1.807, 2.05) is 27.7 Å². The zero-order valence-electron chi connectivity index (χ0n) is 12.9. The SMILES string of the molecule is CC(C)C1=C[C@@H](C(C)C)C[C@@H](C(C)C)C1S(=O)(=O)O. The summed E-state index contributed by atoms with van der Waals surface area (Å²) >= 11 is 0. The Balaban J connectivity index is 3.32. The second-order valence-electron chi connectivity index (χ2n) is 6.81. The Hall–Kier alpha value is -0.350. The van der Waals surface area contributed by atoms with Gasteiger partial charge in [0.15, 0.2) is 0 Å². The molecular weight excluding hydrogens is 260 g/mol. The standard InChI is InChI=1S/C15H28O3S/c1-9(2)12-7-13(10(3)4)15(19(16,17)18)14(8-12)11(5)6/h7,9-12,14-15H,8H2,1-6H3,(H,16,17,18)/t12-,14+,15?/m1/s1. The Morgan fingerprint density at radius 2 is 1.63 bits per heavy atom. The molecule has 1 rings (SSSR count). The van der Waals surface area contributed by atoms with E-state index < -0.39 is 15.4 Å². The van der Waals surface area contributed by atoms with Gasteiger partial charge in [-0.05, 0) is 36.0 Å². The monoisotopic (exact) mass is 288 g/mol. The first-order valence-corrected chi connectivity index (χ1v) is 8.73. The van der Waals surface area contributed by atoms with Crippen LogP contribution in [-0.4, -0.2) is 18.2 Å². The van der Waals surface area contributed by atoms with Crippen molar-refractivity contribution in [2.75, 3.05) is 0 Å². The van der Waals surface area contributed by atoms with Crippen LogP contribution in [0.15, 0.2) is 11.6 Å². The van der Waals surface area contributed by atoms with Gasteiger partial charge in [0.25, 0.3) is 10.1 Å². The molecule has 0 heterocycles. The van der Waals surface area contributed by atoms with Gasteiger partial charge in [0, 0.05) is 0 Å². The van der Waals surface area contributed by atoms with Crippen LogP contribution in [0.5, 0.6) is 0 Å². The van der Waals surface area contributed by atoms with Gasteiger partial charge in [-0.15, -0.1) is 0 Å². The highest BCUT2D eigenvalue weighted by Gasteiger charge is 2.42. The molecule has 3 nitrogen and oxygen atoms in total. The Bertz CT molecular complexity index is 432. The topological polar surface area (TPSA) is 54.4 Å². The van der Waals surface area contributed by atoms with E-state index in [9.17, 15) is 13.0 Å². The van der Waals surface area contributed by atoms with E-state index in [-0.39, 0.29) is 17.8 Å². The van der Waals surface area contributed by atoms with Crippen molar-refractivity contribution in [1.82, 2.24) is 0 Å². The molecule has 112 valence electrons. The van der Waals surface area contributed by atoms with Gasteiger partial charge >= 0.3 is 0 Å². The molecule has 0 saturated heterocycles. The van der Waals surface area contributed by atoms with Crippen molar-refractivity contribution in [2.24, 2.45) is 29.6 Å². The summed E-state index contributed by atoms with van der Waals surface area (Å²) in [5.74, 6) is 1.30. The van der Waals surface area contributed by atoms with Gasteiger partial charge in [-0.3, -0.25) is 4.55 Å². The molecule has 19 heavy (non-hydrogen) atoms. The summed E-state index contributed by atoms with van der Waals surface area (Å²) in [6.07, 6.45) is 2.95. The van der Waals surface area contributed by atoms with Crippen molar-refractivity contribution in [3.63, 3.8) is 0 Å². The van der Waals surface area contributed by atoms with Crippen molar-refractivity contribution in [1.29, 1.82) is 0 Å². The molecule has 0 radical (unpaired) electrons. The summed E-state index contributed by atoms with van der Waals surface area (Å²) in [6.45, 7) is 12.4. The Morgan fingerprint density at radius 1 is 1.11 bits per heavy atom. The lowest BCUT2D eigenvalue weighted by atomic mass is 9.71. The molecule has 1 unspecified atom stereocenters. The Labute approximate surface area is 118 Å². The third kappa shape index (κ3) is 3.82. The van der Waals surface area contributed by atoms with E-state index in [0.717, 1.165) is 12.0 Å². The first-order chi connectivity index (χ1) is 8.55. The molecular formula is C15H28O3S. The first-order valence-electron chi connectivity index (χ1n) is 7.23. The quantitative estimate of drug-likeness (QED) is 0.633. The van der Waals surface area contributed by atoms with Crippen molar-refractivity contribution in [3.05, 3.63) is 11.6 Å². The summed E-state index contributed by atoms with van der Waals surface area (Å²) in [7, 11) is -4.03. The van der Waals surface area contributed by atoms with E-state index in [4.69, 9.17) is 0 Å². The highest BCUT2D eigenvalue weighted by molar-refractivity contribution is 7.86. The van der Waals surface area contributed by atoms with E-state index in [1.54, 1.807) is 0 Å². The molecule has 1 aliphatic rings. The maximum Gasteiger partial charge on any atom is 0.271 e. The van der Waals surface area contributed by atoms with Crippen LogP contribution in [0.1, 0.15) is 48.0 Å². The largest absolute Gasteiger partial charge is 0.285 e. The molecule has 4 heteroatoms. The van der Waals surface area contributed by atoms with Crippen LogP contribution in [0.3, 0.4) is 0 Å². The van der Waals surface area contributed by atoms with Crippen molar-refractivity contribution in [2.45, 2.75) is 53.2 Å². The summed E-state index contributed by atoms with van der Waals surface area (Å²) in [5, 5.41) is -0.720. The second kappa shape index (κ2) is 5.96. The fourth-order valence-electron chi connectivity index (χ4n) is 3.10. The average molecular weight is 288 g/mol. The lowest BCUT2D eigenvalue weighted by molar-refractivity contribution is 0.254. The summed E-state index contributed by atoms with van der Waals surface area (Å²) in [5.41, 5.74) is 0.895. The number of allylic oxidation sites excluding steroid dienone is 1. The van der Waals surface area contributed by atoms with Crippen LogP contribution in [-0.2, 0) is 10.1 Å². The van der Waals surface area contributed by atoms with Crippen LogP contribution in [0, 0.1) is 29.6 Å². The highest BCUT2D eigenvalue weighted by Crippen LogP contribution is 2.41. The third-order valence-electron chi connectivity index (χ3n) is 4.37. The predicted molar refractivity (Wildman–Crippen MR) is 79.5 cm³/mol. The van der Waals surface area contributed by atoms with Gasteiger partial charge in [0.1, 0.15) is 5.25 Å². The fraction of sp³-hybridized carbons (Fsp3) is 0.867. The minimum absolute atomic E-state index is 0.00444. The minimum atomic E-state index is -4.03. The Kier molecular flexibility index (Phi) is 5.24. The molecule has 0 spiro atoms. The van der Waals surface area contributed by atoms with Crippen LogP contribution >= 0.6 is 0 Å². The molecule has 1 N–H and O–H groups in total. The molecule has 0 fully saturated rings. The zero-order valence-corrected chi connectivity index (χ0v) is 13.7. The van der Waals surface area contributed by atoms with Gasteiger partial charge < -0.3 is 0 Å². The van der Waals surface area contributed by atoms with Gasteiger partial charge in [-0.2, -0.15) is 8.42 Å². The number of hydrogen-bond donors (Lipinski definition) is 1. The average Bonchev–Trinajstić information content (AvgIpc) is 2.25. The van der Waals surface area contributed by atoms with Crippen LogP contribution in [0.25, 0.3) is 0 Å². The van der Waals surface area contributed by atoms with Crippen molar-refractivity contribution >= 4 is 10.1 Å². The summed E-state index contributed by atoms with van der Waals surface area (Å²) in [4.78, 5) is 0. The maximum atomic E-state index is 11.8. The van der Waals surface area contributed by atoms with Crippen LogP contribution in [0.4, 0.5) is 0 Å². The van der Waals surface area contributed by atoms with Crippen molar-refractivity contribution in [3.8, 4) is 0 Å². The molecule has 0 saturated carbocycles. The van der Waals surface area contributed by atoms with Crippen LogP contribution in [0.2, 0.25) is 0 Å². The van der Waals surface area contributed by atoms with Gasteiger partial charge in [0.05, 0.1) is 0 Å². The predicted octanol–water partition coefficient (Wildman–Crippen LogP) is 3.77.